The Kier molecular flexibility index (Phi) is 4.95. The van der Waals surface area contributed by atoms with Crippen molar-refractivity contribution in [1.29, 1.82) is 5.26 Å². The Morgan fingerprint density at radius 3 is 2.29 bits per heavy atom. The molecule has 2 nitrogen and oxygen atoms in total. The van der Waals surface area contributed by atoms with Crippen LogP contribution in [0.2, 0.25) is 0 Å². The maximum atomic E-state index is 9.34. The van der Waals surface area contributed by atoms with Gasteiger partial charge in [-0.1, -0.05) is 36.4 Å². The van der Waals surface area contributed by atoms with Crippen LogP contribution in [0, 0.1) is 11.3 Å². The van der Waals surface area contributed by atoms with Crippen LogP contribution in [-0.4, -0.2) is 7.11 Å². The second-order valence-corrected chi connectivity index (χ2v) is 4.70. The molecule has 2 aromatic rings. The summed E-state index contributed by atoms with van der Waals surface area (Å²) in [5.74, 6) is 0.785. The van der Waals surface area contributed by atoms with E-state index in [1.807, 2.05) is 67.6 Å². The van der Waals surface area contributed by atoms with Gasteiger partial charge in [-0.3, -0.25) is 0 Å². The topological polar surface area (TPSA) is 33.0 Å². The Morgan fingerprint density at radius 2 is 1.71 bits per heavy atom. The number of benzene rings is 2. The fourth-order valence-electron chi connectivity index (χ4n) is 2.03. The van der Waals surface area contributed by atoms with Crippen LogP contribution < -0.4 is 4.74 Å². The van der Waals surface area contributed by atoms with Gasteiger partial charge in [-0.25, -0.2) is 0 Å². The molecule has 21 heavy (non-hydrogen) atoms. The van der Waals surface area contributed by atoms with Crippen LogP contribution in [0.15, 0.2) is 66.2 Å². The largest absolute Gasteiger partial charge is 0.497 e. The predicted octanol–water partition coefficient (Wildman–Crippen LogP) is 4.71. The third kappa shape index (κ3) is 4.09. The van der Waals surface area contributed by atoms with Crippen molar-refractivity contribution in [3.63, 3.8) is 0 Å². The molecule has 0 fully saturated rings. The SMILES string of the molecule is COc1ccc(/C(C#N)=C/C(C)=C/c2ccccc2)cc1. The van der Waals surface area contributed by atoms with E-state index in [1.165, 1.54) is 0 Å². The van der Waals surface area contributed by atoms with Gasteiger partial charge in [0.25, 0.3) is 0 Å². The van der Waals surface area contributed by atoms with Gasteiger partial charge in [0.05, 0.1) is 18.8 Å². The first-order valence-electron chi connectivity index (χ1n) is 6.72. The number of hydrogen-bond donors (Lipinski definition) is 0. The van der Waals surface area contributed by atoms with E-state index < -0.39 is 0 Å². The van der Waals surface area contributed by atoms with E-state index >= 15 is 0 Å². The minimum atomic E-state index is 0.641. The van der Waals surface area contributed by atoms with E-state index in [0.717, 1.165) is 22.4 Å². The monoisotopic (exact) mass is 275 g/mol. The van der Waals surface area contributed by atoms with Crippen molar-refractivity contribution in [3.8, 4) is 11.8 Å². The van der Waals surface area contributed by atoms with Crippen LogP contribution in [0.3, 0.4) is 0 Å². The fraction of sp³-hybridized carbons (Fsp3) is 0.105. The third-order valence-corrected chi connectivity index (χ3v) is 3.09. The predicted molar refractivity (Wildman–Crippen MR) is 86.7 cm³/mol. The summed E-state index contributed by atoms with van der Waals surface area (Å²) >= 11 is 0. The molecular weight excluding hydrogens is 258 g/mol. The molecule has 0 radical (unpaired) electrons. The van der Waals surface area contributed by atoms with Crippen LogP contribution in [0.5, 0.6) is 5.75 Å². The Morgan fingerprint density at radius 1 is 1.05 bits per heavy atom. The third-order valence-electron chi connectivity index (χ3n) is 3.09. The summed E-state index contributed by atoms with van der Waals surface area (Å²) in [6.07, 6.45) is 3.95. The second kappa shape index (κ2) is 7.12. The van der Waals surface area contributed by atoms with Gasteiger partial charge in [0.15, 0.2) is 0 Å². The molecule has 0 heterocycles. The lowest BCUT2D eigenvalue weighted by Gasteiger charge is -2.03. The maximum absolute atomic E-state index is 9.34. The first-order chi connectivity index (χ1) is 10.2. The van der Waals surface area contributed by atoms with E-state index in [0.29, 0.717) is 5.57 Å². The zero-order valence-corrected chi connectivity index (χ0v) is 12.2. The van der Waals surface area contributed by atoms with Crippen LogP contribution in [0.25, 0.3) is 11.6 Å². The van der Waals surface area contributed by atoms with Crippen molar-refractivity contribution in [2.75, 3.05) is 7.11 Å². The van der Waals surface area contributed by atoms with Crippen molar-refractivity contribution in [1.82, 2.24) is 0 Å². The number of ether oxygens (including phenoxy) is 1. The van der Waals surface area contributed by atoms with E-state index in [2.05, 4.69) is 12.1 Å². The zero-order chi connectivity index (χ0) is 15.1. The molecule has 0 aliphatic carbocycles. The molecular formula is C19H17NO. The van der Waals surface area contributed by atoms with Crippen LogP contribution in [0.4, 0.5) is 0 Å². The van der Waals surface area contributed by atoms with Gasteiger partial charge in [0.1, 0.15) is 5.75 Å². The highest BCUT2D eigenvalue weighted by atomic mass is 16.5. The summed E-state index contributed by atoms with van der Waals surface area (Å²) in [6, 6.07) is 19.8. The quantitative estimate of drug-likeness (QED) is 0.598. The van der Waals surface area contributed by atoms with E-state index in [1.54, 1.807) is 7.11 Å². The lowest BCUT2D eigenvalue weighted by Crippen LogP contribution is -1.85. The Bertz CT molecular complexity index is 689. The van der Waals surface area contributed by atoms with Crippen molar-refractivity contribution in [2.24, 2.45) is 0 Å². The summed E-state index contributed by atoms with van der Waals surface area (Å²) in [4.78, 5) is 0. The van der Waals surface area contributed by atoms with Gasteiger partial charge in [-0.05, 0) is 54.0 Å². The van der Waals surface area contributed by atoms with Gasteiger partial charge in [-0.2, -0.15) is 5.26 Å². The maximum Gasteiger partial charge on any atom is 0.118 e. The zero-order valence-electron chi connectivity index (χ0n) is 12.2. The molecule has 2 rings (SSSR count). The van der Waals surface area contributed by atoms with Gasteiger partial charge >= 0.3 is 0 Å². The number of nitrogens with zero attached hydrogens (tertiary/aromatic N) is 1. The van der Waals surface area contributed by atoms with Gasteiger partial charge in [-0.15, -0.1) is 0 Å². The minimum Gasteiger partial charge on any atom is -0.497 e. The number of methoxy groups -OCH3 is 1. The fourth-order valence-corrected chi connectivity index (χ4v) is 2.03. The summed E-state index contributed by atoms with van der Waals surface area (Å²) in [7, 11) is 1.63. The molecule has 0 aliphatic rings. The van der Waals surface area contributed by atoms with E-state index in [4.69, 9.17) is 4.74 Å². The van der Waals surface area contributed by atoms with E-state index in [-0.39, 0.29) is 0 Å². The Balaban J connectivity index is 2.27. The van der Waals surface area contributed by atoms with Crippen LogP contribution in [0.1, 0.15) is 18.1 Å². The number of hydrogen-bond acceptors (Lipinski definition) is 2. The van der Waals surface area contributed by atoms with Crippen molar-refractivity contribution in [3.05, 3.63) is 77.4 Å². The van der Waals surface area contributed by atoms with Crippen molar-refractivity contribution in [2.45, 2.75) is 6.92 Å². The molecule has 0 spiro atoms. The highest BCUT2D eigenvalue weighted by Gasteiger charge is 2.01. The smallest absolute Gasteiger partial charge is 0.118 e. The van der Waals surface area contributed by atoms with Crippen LogP contribution in [-0.2, 0) is 0 Å². The number of rotatable bonds is 4. The highest BCUT2D eigenvalue weighted by molar-refractivity contribution is 5.80. The Hall–Kier alpha value is -2.79. The van der Waals surface area contributed by atoms with Gasteiger partial charge in [0.2, 0.25) is 0 Å². The summed E-state index contributed by atoms with van der Waals surface area (Å²) in [5.41, 5.74) is 3.69. The molecule has 0 atom stereocenters. The molecule has 2 heteroatoms. The van der Waals surface area contributed by atoms with E-state index in [9.17, 15) is 5.26 Å². The van der Waals surface area contributed by atoms with Crippen LogP contribution >= 0.6 is 0 Å². The molecule has 2 aromatic carbocycles. The summed E-state index contributed by atoms with van der Waals surface area (Å²) in [6.45, 7) is 1.99. The average Bonchev–Trinajstić information content (AvgIpc) is 2.53. The molecule has 0 aromatic heterocycles. The Labute approximate surface area is 125 Å². The highest BCUT2D eigenvalue weighted by Crippen LogP contribution is 2.20. The normalized spacial score (nSPS) is 11.9. The van der Waals surface area contributed by atoms with Crippen molar-refractivity contribution >= 4 is 11.6 Å². The lowest BCUT2D eigenvalue weighted by atomic mass is 10.0. The standard InChI is InChI=1S/C19H17NO/c1-15(12-16-6-4-3-5-7-16)13-18(14-20)17-8-10-19(21-2)11-9-17/h3-13H,1-2H3/b15-12+,18-13+. The van der Waals surface area contributed by atoms with Gasteiger partial charge < -0.3 is 4.74 Å². The molecule has 0 aliphatic heterocycles. The first kappa shape index (κ1) is 14.6. The lowest BCUT2D eigenvalue weighted by molar-refractivity contribution is 0.415. The molecule has 0 saturated heterocycles. The van der Waals surface area contributed by atoms with Gasteiger partial charge in [0, 0.05) is 0 Å². The molecule has 0 unspecified atom stereocenters. The van der Waals surface area contributed by atoms with Crippen molar-refractivity contribution < 1.29 is 4.74 Å². The molecule has 104 valence electrons. The average molecular weight is 275 g/mol. The minimum absolute atomic E-state index is 0.641. The first-order valence-corrected chi connectivity index (χ1v) is 6.72. The molecule has 0 amide bonds. The second-order valence-electron chi connectivity index (χ2n) is 4.70. The molecule has 0 bridgehead atoms. The molecule has 0 saturated carbocycles. The molecule has 0 N–H and O–H groups in total. The number of allylic oxidation sites excluding steroid dienone is 3. The number of nitriles is 1. The summed E-state index contributed by atoms with van der Waals surface area (Å²) < 4.78 is 5.13. The summed E-state index contributed by atoms with van der Waals surface area (Å²) in [5, 5.41) is 9.34.